The Morgan fingerprint density at radius 1 is 0.647 bits per heavy atom. The molecule has 0 saturated carbocycles. The Morgan fingerprint density at radius 2 is 1.20 bits per heavy atom. The zero-order valence-corrected chi connectivity index (χ0v) is 28.2. The van der Waals surface area contributed by atoms with Gasteiger partial charge < -0.3 is 43.0 Å². The summed E-state index contributed by atoms with van der Waals surface area (Å²) in [4.78, 5) is 10.8. The van der Waals surface area contributed by atoms with Gasteiger partial charge in [0.2, 0.25) is 6.29 Å². The first-order valence-corrected chi connectivity index (χ1v) is 17.1. The summed E-state index contributed by atoms with van der Waals surface area (Å²) in [5.74, 6) is 0.326. The quantitative estimate of drug-likeness (QED) is 0.141. The maximum Gasteiger partial charge on any atom is 0.269 e. The van der Waals surface area contributed by atoms with Crippen LogP contribution in [0.2, 0.25) is 0 Å². The van der Waals surface area contributed by atoms with E-state index < -0.39 is 72.6 Å². The zero-order valence-electron chi connectivity index (χ0n) is 28.2. The lowest BCUT2D eigenvalue weighted by molar-refractivity contribution is -0.384. The van der Waals surface area contributed by atoms with E-state index in [1.54, 1.807) is 0 Å². The number of hydrogen-bond acceptors (Lipinski definition) is 11. The number of nitro groups is 1. The van der Waals surface area contributed by atoms with Gasteiger partial charge in [-0.1, -0.05) is 91.0 Å². The molecule has 268 valence electrons. The molecule has 7 rings (SSSR count). The van der Waals surface area contributed by atoms with Crippen molar-refractivity contribution < 1.29 is 47.9 Å². The Morgan fingerprint density at radius 3 is 1.80 bits per heavy atom. The molecule has 51 heavy (non-hydrogen) atoms. The van der Waals surface area contributed by atoms with Crippen LogP contribution in [-0.2, 0) is 46.4 Å². The summed E-state index contributed by atoms with van der Waals surface area (Å²) in [5, 5.41) is 23.2. The highest BCUT2D eigenvalue weighted by atomic mass is 16.8. The summed E-state index contributed by atoms with van der Waals surface area (Å²) in [6.45, 7) is 4.12. The van der Waals surface area contributed by atoms with Crippen LogP contribution in [-0.4, -0.2) is 71.4 Å². The maximum absolute atomic E-state index is 11.9. The van der Waals surface area contributed by atoms with E-state index in [1.807, 2.05) is 105 Å². The first-order chi connectivity index (χ1) is 24.8. The highest BCUT2D eigenvalue weighted by Crippen LogP contribution is 2.42. The molecule has 0 spiro atoms. The van der Waals surface area contributed by atoms with Crippen molar-refractivity contribution in [1.82, 2.24) is 0 Å². The van der Waals surface area contributed by atoms with Crippen LogP contribution in [0.15, 0.2) is 115 Å². The molecular weight excluding hydrogens is 658 g/mol. The normalized spacial score (nSPS) is 31.9. The van der Waals surface area contributed by atoms with E-state index in [-0.39, 0.29) is 18.9 Å². The molecule has 1 N–H and O–H groups in total. The second-order valence-corrected chi connectivity index (χ2v) is 12.8. The number of hydrogen-bond donors (Lipinski definition) is 1. The molecule has 0 unspecified atom stereocenters. The number of aliphatic hydroxyl groups excluding tert-OH is 1. The Labute approximate surface area is 295 Å². The molecule has 3 aliphatic rings. The smallest absolute Gasteiger partial charge is 0.269 e. The van der Waals surface area contributed by atoms with Crippen molar-refractivity contribution >= 4 is 5.69 Å². The number of aliphatic hydroxyl groups is 1. The molecule has 3 heterocycles. The number of benzene rings is 4. The minimum atomic E-state index is -1.14. The molecule has 3 saturated heterocycles. The third-order valence-corrected chi connectivity index (χ3v) is 9.27. The minimum absolute atomic E-state index is 0.0765. The van der Waals surface area contributed by atoms with Crippen molar-refractivity contribution in [3.8, 4) is 5.75 Å². The zero-order chi connectivity index (χ0) is 35.3. The second-order valence-electron chi connectivity index (χ2n) is 12.8. The number of rotatable bonds is 12. The van der Waals surface area contributed by atoms with Crippen LogP contribution < -0.4 is 4.74 Å². The SMILES string of the molecule is C[C@@H]1O[C@@H](O[C@H]2[C@H](Oc3ccc([N+](=O)[O-])cc3)O[C@@H](C)[C@H]3O[C@@H](c4ccccc4)O[C@@H]23)[C@H](OCc2ccccc2)[C@H](O)[C@H]1OCc1ccccc1. The van der Waals surface area contributed by atoms with Crippen LogP contribution in [0.4, 0.5) is 5.69 Å². The highest BCUT2D eigenvalue weighted by Gasteiger charge is 2.56. The lowest BCUT2D eigenvalue weighted by Gasteiger charge is -2.47. The Bertz CT molecular complexity index is 1700. The van der Waals surface area contributed by atoms with Crippen molar-refractivity contribution in [2.24, 2.45) is 0 Å². The predicted molar refractivity (Wildman–Crippen MR) is 182 cm³/mol. The first-order valence-electron chi connectivity index (χ1n) is 17.1. The number of nitrogens with zero attached hydrogens (tertiary/aromatic N) is 1. The van der Waals surface area contributed by atoms with Crippen LogP contribution in [0.1, 0.15) is 36.8 Å². The Kier molecular flexibility index (Phi) is 11.0. The van der Waals surface area contributed by atoms with Gasteiger partial charge in [0.05, 0.1) is 30.3 Å². The Hall–Kier alpha value is -4.24. The number of fused-ring (bicyclic) bond motifs is 1. The van der Waals surface area contributed by atoms with E-state index >= 15 is 0 Å². The molecule has 0 aliphatic carbocycles. The van der Waals surface area contributed by atoms with Gasteiger partial charge in [-0.3, -0.25) is 10.1 Å². The summed E-state index contributed by atoms with van der Waals surface area (Å²) in [6.07, 6.45) is -9.02. The summed E-state index contributed by atoms with van der Waals surface area (Å²) in [7, 11) is 0. The molecule has 0 aromatic heterocycles. The van der Waals surface area contributed by atoms with Crippen LogP contribution in [0.5, 0.6) is 5.75 Å². The van der Waals surface area contributed by atoms with E-state index in [2.05, 4.69) is 0 Å². The molecule has 12 nitrogen and oxygen atoms in total. The molecule has 0 amide bonds. The van der Waals surface area contributed by atoms with Crippen LogP contribution in [0.25, 0.3) is 0 Å². The van der Waals surface area contributed by atoms with E-state index in [0.717, 1.165) is 16.7 Å². The van der Waals surface area contributed by atoms with Crippen LogP contribution >= 0.6 is 0 Å². The lowest BCUT2D eigenvalue weighted by atomic mass is 9.97. The fourth-order valence-corrected chi connectivity index (χ4v) is 6.62. The number of nitro benzene ring substituents is 1. The fraction of sp³-hybridized carbons (Fsp3) is 0.385. The third-order valence-electron chi connectivity index (χ3n) is 9.27. The van der Waals surface area contributed by atoms with E-state index in [1.165, 1.54) is 24.3 Å². The van der Waals surface area contributed by atoms with Gasteiger partial charge in [0.1, 0.15) is 36.3 Å². The van der Waals surface area contributed by atoms with Gasteiger partial charge in [-0.25, -0.2) is 0 Å². The summed E-state index contributed by atoms with van der Waals surface area (Å²) >= 11 is 0. The molecule has 12 heteroatoms. The number of ether oxygens (including phenoxy) is 8. The highest BCUT2D eigenvalue weighted by molar-refractivity contribution is 5.36. The monoisotopic (exact) mass is 699 g/mol. The molecule has 11 atom stereocenters. The average molecular weight is 700 g/mol. The van der Waals surface area contributed by atoms with Gasteiger partial charge in [0.15, 0.2) is 18.7 Å². The van der Waals surface area contributed by atoms with Crippen molar-refractivity contribution in [1.29, 1.82) is 0 Å². The van der Waals surface area contributed by atoms with Crippen LogP contribution in [0, 0.1) is 10.1 Å². The minimum Gasteiger partial charge on any atom is -0.462 e. The van der Waals surface area contributed by atoms with Gasteiger partial charge in [0, 0.05) is 17.7 Å². The van der Waals surface area contributed by atoms with Gasteiger partial charge in [-0.15, -0.1) is 0 Å². The summed E-state index contributed by atoms with van der Waals surface area (Å²) in [5.41, 5.74) is 2.60. The fourth-order valence-electron chi connectivity index (χ4n) is 6.62. The third kappa shape index (κ3) is 8.14. The van der Waals surface area contributed by atoms with Gasteiger partial charge in [-0.05, 0) is 37.1 Å². The molecule has 4 aromatic rings. The van der Waals surface area contributed by atoms with Crippen LogP contribution in [0.3, 0.4) is 0 Å². The van der Waals surface area contributed by atoms with Crippen molar-refractivity contribution in [3.63, 3.8) is 0 Å². The Balaban J connectivity index is 1.17. The second kappa shape index (κ2) is 16.0. The topological polar surface area (TPSA) is 137 Å². The predicted octanol–water partition coefficient (Wildman–Crippen LogP) is 5.86. The van der Waals surface area contributed by atoms with Crippen molar-refractivity contribution in [2.75, 3.05) is 0 Å². The average Bonchev–Trinajstić information content (AvgIpc) is 3.61. The maximum atomic E-state index is 11.9. The van der Waals surface area contributed by atoms with E-state index in [9.17, 15) is 15.2 Å². The molecule has 3 aliphatic heterocycles. The first kappa shape index (κ1) is 35.2. The molecule has 3 fully saturated rings. The van der Waals surface area contributed by atoms with Gasteiger partial charge >= 0.3 is 0 Å². The van der Waals surface area contributed by atoms with Gasteiger partial charge in [0.25, 0.3) is 5.69 Å². The molecular formula is C39H41NO11. The standard InChI is InChI=1S/C39H41NO11/c1-24-32(44-22-26-12-6-3-7-13-26)31(41)34(45-23-27-14-8-4-9-15-27)38(46-24)51-36-35-33(49-37(50-35)28-16-10-5-11-17-28)25(2)47-39(36)48-30-20-18-29(19-21-30)40(42)43/h3-21,24-25,31-39,41H,22-23H2,1-2H3/t24-,25-,31+,32-,33+,34+,35+,36+,37+,38-,39-/m0/s1. The summed E-state index contributed by atoms with van der Waals surface area (Å²) < 4.78 is 51.5. The number of non-ortho nitro benzene ring substituents is 1. The lowest BCUT2D eigenvalue weighted by Crippen LogP contribution is -2.64. The molecule has 0 bridgehead atoms. The molecule has 0 radical (unpaired) electrons. The van der Waals surface area contributed by atoms with Gasteiger partial charge in [-0.2, -0.15) is 0 Å². The molecule has 4 aromatic carbocycles. The van der Waals surface area contributed by atoms with E-state index in [0.29, 0.717) is 5.75 Å². The largest absolute Gasteiger partial charge is 0.462 e. The van der Waals surface area contributed by atoms with E-state index in [4.69, 9.17) is 37.9 Å². The van der Waals surface area contributed by atoms with Crippen molar-refractivity contribution in [2.45, 2.75) is 94.8 Å². The summed E-state index contributed by atoms with van der Waals surface area (Å²) in [6, 6.07) is 34.6. The van der Waals surface area contributed by atoms with Crippen molar-refractivity contribution in [3.05, 3.63) is 142 Å².